The van der Waals surface area contributed by atoms with Crippen LogP contribution in [0.15, 0.2) is 77.8 Å². The molecule has 0 aliphatic carbocycles. The maximum Gasteiger partial charge on any atom is 0.257 e. The van der Waals surface area contributed by atoms with Crippen LogP contribution in [0.1, 0.15) is 22.3 Å². The van der Waals surface area contributed by atoms with Gasteiger partial charge in [0.15, 0.2) is 11.5 Å². The average Bonchev–Trinajstić information content (AvgIpc) is 3.51. The molecule has 3 aromatic carbocycles. The summed E-state index contributed by atoms with van der Waals surface area (Å²) in [5.41, 5.74) is 2.35. The minimum absolute atomic E-state index is 0.150. The van der Waals surface area contributed by atoms with Gasteiger partial charge in [-0.05, 0) is 60.5 Å². The number of fused-ring (bicyclic) bond motifs is 1. The molecule has 1 atom stereocenters. The van der Waals surface area contributed by atoms with Gasteiger partial charge in [-0.3, -0.25) is 14.4 Å². The fourth-order valence-electron chi connectivity index (χ4n) is 5.03. The Morgan fingerprint density at radius 3 is 2.41 bits per heavy atom. The molecule has 3 amide bonds. The average molecular weight is 577 g/mol. The van der Waals surface area contributed by atoms with E-state index in [0.717, 1.165) is 21.4 Å². The Balaban J connectivity index is 1.48. The molecule has 1 saturated heterocycles. The highest BCUT2D eigenvalue weighted by atomic mass is 32.2. The van der Waals surface area contributed by atoms with Crippen molar-refractivity contribution in [2.75, 3.05) is 25.7 Å². The summed E-state index contributed by atoms with van der Waals surface area (Å²) in [6, 6.07) is 16.5. The predicted octanol–water partition coefficient (Wildman–Crippen LogP) is 2.85. The number of methoxy groups -OCH3 is 2. The Hall–Kier alpha value is -4.68. The van der Waals surface area contributed by atoms with E-state index in [1.54, 1.807) is 12.1 Å². The number of nitrogens with one attached hydrogen (secondary N) is 1. The summed E-state index contributed by atoms with van der Waals surface area (Å²) < 4.78 is 34.0. The van der Waals surface area contributed by atoms with E-state index in [1.165, 1.54) is 49.5 Å². The normalized spacial score (nSPS) is 15.4. The zero-order valence-corrected chi connectivity index (χ0v) is 23.2. The SMILES string of the molecule is COc1ccc(C(=O)N(CCc2c[nH]c3ccccc23)C2CC(=O)N(c3ccc(S(N)(=O)=O)cc3)C2=O)cc1OC. The predicted molar refractivity (Wildman–Crippen MR) is 151 cm³/mol. The number of rotatable bonds is 9. The minimum atomic E-state index is -3.95. The lowest BCUT2D eigenvalue weighted by atomic mass is 10.1. The highest BCUT2D eigenvalue weighted by molar-refractivity contribution is 7.89. The number of sulfonamides is 1. The van der Waals surface area contributed by atoms with E-state index in [2.05, 4.69) is 4.98 Å². The van der Waals surface area contributed by atoms with Gasteiger partial charge in [-0.15, -0.1) is 0 Å². The maximum absolute atomic E-state index is 13.9. The van der Waals surface area contributed by atoms with Crippen molar-refractivity contribution in [3.05, 3.63) is 84.1 Å². The largest absolute Gasteiger partial charge is 0.493 e. The lowest BCUT2D eigenvalue weighted by Gasteiger charge is -2.28. The zero-order chi connectivity index (χ0) is 29.3. The van der Waals surface area contributed by atoms with Crippen LogP contribution in [0.4, 0.5) is 5.69 Å². The first-order valence-electron chi connectivity index (χ1n) is 12.7. The Morgan fingerprint density at radius 1 is 1.02 bits per heavy atom. The van der Waals surface area contributed by atoms with Crippen molar-refractivity contribution in [1.82, 2.24) is 9.88 Å². The number of nitrogens with zero attached hydrogens (tertiary/aromatic N) is 2. The summed E-state index contributed by atoms with van der Waals surface area (Å²) in [6.07, 6.45) is 2.05. The summed E-state index contributed by atoms with van der Waals surface area (Å²) >= 11 is 0. The smallest absolute Gasteiger partial charge is 0.257 e. The molecule has 1 unspecified atom stereocenters. The fraction of sp³-hybridized carbons (Fsp3) is 0.207. The summed E-state index contributed by atoms with van der Waals surface area (Å²) in [5.74, 6) is -0.772. The third kappa shape index (κ3) is 5.39. The molecule has 1 aromatic heterocycles. The molecule has 12 heteroatoms. The van der Waals surface area contributed by atoms with Gasteiger partial charge in [0.2, 0.25) is 15.9 Å². The summed E-state index contributed by atoms with van der Waals surface area (Å²) in [4.78, 5) is 46.2. The number of primary sulfonamides is 1. The molecule has 212 valence electrons. The van der Waals surface area contributed by atoms with Crippen molar-refractivity contribution < 1.29 is 32.3 Å². The first-order chi connectivity index (χ1) is 19.6. The number of ether oxygens (including phenoxy) is 2. The molecule has 1 fully saturated rings. The Morgan fingerprint density at radius 2 is 1.73 bits per heavy atom. The van der Waals surface area contributed by atoms with E-state index in [9.17, 15) is 22.8 Å². The van der Waals surface area contributed by atoms with E-state index < -0.39 is 33.8 Å². The molecule has 2 heterocycles. The molecule has 0 saturated carbocycles. The van der Waals surface area contributed by atoms with Gasteiger partial charge in [-0.25, -0.2) is 18.5 Å². The third-order valence-electron chi connectivity index (χ3n) is 7.11. The summed E-state index contributed by atoms with van der Waals surface area (Å²) in [5, 5.41) is 6.17. The number of para-hydroxylation sites is 1. The topological polar surface area (TPSA) is 152 Å². The standard InChI is InChI=1S/C29H28N4O7S/c1-39-25-12-7-18(15-26(25)40-2)28(35)32(14-13-19-17-31-23-6-4-3-5-22(19)23)24-16-27(34)33(29(24)36)20-8-10-21(11-9-20)41(30,37)38/h3-12,15,17,24,31H,13-14,16H2,1-2H3,(H2,30,37,38). The zero-order valence-electron chi connectivity index (χ0n) is 22.4. The van der Waals surface area contributed by atoms with Crippen molar-refractivity contribution >= 4 is 44.3 Å². The van der Waals surface area contributed by atoms with Crippen LogP contribution in [-0.2, 0) is 26.0 Å². The molecular weight excluding hydrogens is 548 g/mol. The third-order valence-corrected chi connectivity index (χ3v) is 8.04. The van der Waals surface area contributed by atoms with Crippen LogP contribution >= 0.6 is 0 Å². The number of nitrogens with two attached hydrogens (primary N) is 1. The quantitative estimate of drug-likeness (QED) is 0.291. The van der Waals surface area contributed by atoms with E-state index >= 15 is 0 Å². The molecule has 3 N–H and O–H groups in total. The number of H-pyrrole nitrogens is 1. The van der Waals surface area contributed by atoms with Crippen molar-refractivity contribution in [2.45, 2.75) is 23.8 Å². The highest BCUT2D eigenvalue weighted by Gasteiger charge is 2.44. The van der Waals surface area contributed by atoms with Gasteiger partial charge in [0.05, 0.1) is 31.2 Å². The number of carbonyl (C=O) groups is 3. The van der Waals surface area contributed by atoms with E-state index in [1.807, 2.05) is 30.5 Å². The maximum atomic E-state index is 13.9. The minimum Gasteiger partial charge on any atom is -0.493 e. The molecule has 5 rings (SSSR count). The van der Waals surface area contributed by atoms with Gasteiger partial charge in [-0.2, -0.15) is 0 Å². The molecule has 11 nitrogen and oxygen atoms in total. The number of amides is 3. The number of aromatic nitrogens is 1. The monoisotopic (exact) mass is 576 g/mol. The van der Waals surface area contributed by atoms with E-state index in [4.69, 9.17) is 14.6 Å². The van der Waals surface area contributed by atoms with Crippen molar-refractivity contribution in [2.24, 2.45) is 5.14 Å². The van der Waals surface area contributed by atoms with Crippen LogP contribution in [-0.4, -0.2) is 62.8 Å². The number of anilines is 1. The molecule has 41 heavy (non-hydrogen) atoms. The van der Waals surface area contributed by atoms with Gasteiger partial charge >= 0.3 is 0 Å². The first-order valence-corrected chi connectivity index (χ1v) is 14.2. The van der Waals surface area contributed by atoms with Crippen molar-refractivity contribution in [3.8, 4) is 11.5 Å². The van der Waals surface area contributed by atoms with Gasteiger partial charge in [0.25, 0.3) is 11.8 Å². The van der Waals surface area contributed by atoms with Crippen LogP contribution in [0.25, 0.3) is 10.9 Å². The number of aromatic amines is 1. The number of benzene rings is 3. The second-order valence-corrected chi connectivity index (χ2v) is 11.1. The molecule has 1 aliphatic rings. The van der Waals surface area contributed by atoms with E-state index in [-0.39, 0.29) is 29.1 Å². The van der Waals surface area contributed by atoms with Crippen LogP contribution in [0.3, 0.4) is 0 Å². The Kier molecular flexibility index (Phi) is 7.52. The second kappa shape index (κ2) is 11.1. The van der Waals surface area contributed by atoms with Crippen LogP contribution in [0.5, 0.6) is 11.5 Å². The molecule has 0 spiro atoms. The summed E-state index contributed by atoms with van der Waals surface area (Å²) in [6.45, 7) is 0.150. The molecule has 4 aromatic rings. The molecule has 1 aliphatic heterocycles. The number of carbonyl (C=O) groups excluding carboxylic acids is 3. The number of imide groups is 1. The van der Waals surface area contributed by atoms with Crippen LogP contribution < -0.4 is 19.5 Å². The second-order valence-electron chi connectivity index (χ2n) is 9.50. The van der Waals surface area contributed by atoms with Crippen molar-refractivity contribution in [1.29, 1.82) is 0 Å². The van der Waals surface area contributed by atoms with Gasteiger partial charge in [0.1, 0.15) is 6.04 Å². The fourth-order valence-corrected chi connectivity index (χ4v) is 5.54. The molecule has 0 bridgehead atoms. The Bertz CT molecular complexity index is 1750. The highest BCUT2D eigenvalue weighted by Crippen LogP contribution is 2.31. The van der Waals surface area contributed by atoms with Crippen LogP contribution in [0, 0.1) is 0 Å². The number of hydrogen-bond donors (Lipinski definition) is 2. The molecule has 0 radical (unpaired) electrons. The molecular formula is C29H28N4O7S. The van der Waals surface area contributed by atoms with Crippen LogP contribution in [0.2, 0.25) is 0 Å². The summed E-state index contributed by atoms with van der Waals surface area (Å²) in [7, 11) is -1.01. The lowest BCUT2D eigenvalue weighted by Crippen LogP contribution is -2.46. The first kappa shape index (κ1) is 27.9. The number of hydrogen-bond acceptors (Lipinski definition) is 7. The van der Waals surface area contributed by atoms with E-state index in [0.29, 0.717) is 17.9 Å². The van der Waals surface area contributed by atoms with Gasteiger partial charge < -0.3 is 19.4 Å². The van der Waals surface area contributed by atoms with Gasteiger partial charge in [-0.1, -0.05) is 18.2 Å². The Labute approximate surface area is 236 Å². The van der Waals surface area contributed by atoms with Crippen molar-refractivity contribution in [3.63, 3.8) is 0 Å². The lowest BCUT2D eigenvalue weighted by molar-refractivity contribution is -0.122. The van der Waals surface area contributed by atoms with Gasteiger partial charge in [0, 0.05) is 29.2 Å².